The molecular weight excluding hydrogens is 879 g/mol. The van der Waals surface area contributed by atoms with Crippen LogP contribution in [0.5, 0.6) is 11.5 Å². The summed E-state index contributed by atoms with van der Waals surface area (Å²) in [5.41, 5.74) is 0.508. The minimum Gasteiger partial charge on any atom is -0.422 e. The first-order valence-corrected chi connectivity index (χ1v) is 26.2. The predicted octanol–water partition coefficient (Wildman–Crippen LogP) is 10.5. The van der Waals surface area contributed by atoms with Crippen molar-refractivity contribution in [1.82, 2.24) is 0 Å². The Hall–Kier alpha value is -7.88. The number of benzene rings is 9. The summed E-state index contributed by atoms with van der Waals surface area (Å²) in [5.74, 6) is -2.46. The number of carbonyl (C=O) groups is 4. The van der Waals surface area contributed by atoms with Gasteiger partial charge in [0.2, 0.25) is 11.6 Å². The Morgan fingerprint density at radius 2 is 0.515 bits per heavy atom. The number of hydrogen-bond acceptors (Lipinski definition) is 6. The first-order chi connectivity index (χ1) is 33.4. The molecule has 0 unspecified atom stereocenters. The van der Waals surface area contributed by atoms with Gasteiger partial charge in [-0.3, -0.25) is 9.59 Å². The lowest BCUT2D eigenvalue weighted by molar-refractivity contribution is 0.0731. The van der Waals surface area contributed by atoms with Gasteiger partial charge in [-0.2, -0.15) is 0 Å². The Balaban J connectivity index is 1.27. The molecule has 0 saturated carbocycles. The van der Waals surface area contributed by atoms with Crippen LogP contribution in [-0.2, 0) is 0 Å². The molecule has 330 valence electrons. The summed E-state index contributed by atoms with van der Waals surface area (Å²) in [6.45, 7) is 0. The van der Waals surface area contributed by atoms with E-state index in [1.165, 1.54) is 12.1 Å². The van der Waals surface area contributed by atoms with E-state index in [9.17, 15) is 9.59 Å². The van der Waals surface area contributed by atoms with Gasteiger partial charge in [0.05, 0.1) is 22.3 Å². The van der Waals surface area contributed by atoms with Gasteiger partial charge in [-0.1, -0.05) is 146 Å². The van der Waals surface area contributed by atoms with E-state index in [0.29, 0.717) is 0 Å². The van der Waals surface area contributed by atoms with E-state index in [1.54, 1.807) is 60.7 Å². The van der Waals surface area contributed by atoms with Crippen LogP contribution < -0.4 is 41.3 Å². The van der Waals surface area contributed by atoms with E-state index >= 15 is 9.59 Å². The first kappa shape index (κ1) is 45.3. The molecule has 6 nitrogen and oxygen atoms in total. The van der Waals surface area contributed by atoms with Crippen molar-refractivity contribution in [3.63, 3.8) is 0 Å². The molecule has 0 radical (unpaired) electrons. The molecule has 0 fully saturated rings. The average molecular weight is 925 g/mol. The van der Waals surface area contributed by atoms with E-state index in [4.69, 9.17) is 9.47 Å². The lowest BCUT2D eigenvalue weighted by atomic mass is 10.0. The van der Waals surface area contributed by atoms with Crippen LogP contribution in [0.15, 0.2) is 255 Å². The van der Waals surface area contributed by atoms with Gasteiger partial charge in [0.25, 0.3) is 0 Å². The van der Waals surface area contributed by atoms with Crippen molar-refractivity contribution in [2.75, 3.05) is 12.3 Å². The molecule has 0 spiro atoms. The molecule has 9 rings (SSSR count). The number of hydrogen-bond donors (Lipinski definition) is 0. The maximum Gasteiger partial charge on any atom is 0.343 e. The zero-order valence-electron chi connectivity index (χ0n) is 37.0. The van der Waals surface area contributed by atoms with Gasteiger partial charge < -0.3 is 9.47 Å². The van der Waals surface area contributed by atoms with Crippen LogP contribution in [0.1, 0.15) is 41.4 Å². The van der Waals surface area contributed by atoms with Crippen molar-refractivity contribution >= 4 is 69.9 Å². The Morgan fingerprint density at radius 1 is 0.294 bits per heavy atom. The van der Waals surface area contributed by atoms with Gasteiger partial charge >= 0.3 is 11.9 Å². The van der Waals surface area contributed by atoms with E-state index in [1.807, 2.05) is 109 Å². The fraction of sp³-hybridized carbons (Fsp3) is 0.0333. The quantitative estimate of drug-likeness (QED) is 0.0415. The molecule has 0 heterocycles. The van der Waals surface area contributed by atoms with Gasteiger partial charge in [0, 0.05) is 6.07 Å². The van der Waals surface area contributed by atoms with Crippen LogP contribution >= 0.6 is 14.5 Å². The number of ether oxygens (including phenoxy) is 2. The lowest BCUT2D eigenvalue weighted by Crippen LogP contribution is -2.36. The average Bonchev–Trinajstić information content (AvgIpc) is 3.41. The van der Waals surface area contributed by atoms with Gasteiger partial charge in [-0.05, 0) is 103 Å². The lowest BCUT2D eigenvalue weighted by Gasteiger charge is -2.28. The minimum atomic E-state index is -2.81. The first-order valence-electron chi connectivity index (χ1n) is 22.3. The maximum atomic E-state index is 15.8. The van der Waals surface area contributed by atoms with Crippen LogP contribution in [-0.4, -0.2) is 35.8 Å². The third kappa shape index (κ3) is 9.39. The van der Waals surface area contributed by atoms with Gasteiger partial charge in [0.1, 0.15) is 70.2 Å². The molecule has 9 aromatic rings. The molecule has 0 aliphatic carbocycles. The summed E-state index contributed by atoms with van der Waals surface area (Å²) in [6, 6.07) is 79.8. The smallest absolute Gasteiger partial charge is 0.343 e. The second kappa shape index (κ2) is 20.7. The normalized spacial score (nSPS) is 11.3. The molecule has 0 saturated heterocycles. The summed E-state index contributed by atoms with van der Waals surface area (Å²) >= 11 is 0. The van der Waals surface area contributed by atoms with Crippen molar-refractivity contribution in [1.29, 1.82) is 0 Å². The van der Waals surface area contributed by atoms with Gasteiger partial charge in [-0.15, -0.1) is 0 Å². The second-order valence-corrected chi connectivity index (χ2v) is 23.1. The van der Waals surface area contributed by atoms with E-state index in [0.717, 1.165) is 31.8 Å². The van der Waals surface area contributed by atoms with Crippen molar-refractivity contribution in [2.24, 2.45) is 0 Å². The largest absolute Gasteiger partial charge is 0.422 e. The SMILES string of the molecule is O=C(Oc1cc(OC(=O)c2ccccc2)c(C(=O)C[P+](c2ccccc2)(c2ccccc2)c2ccccc2)cc1C(=O)C[P+](c1ccccc1)(c1ccccc1)c1ccccc1)c1ccccc1. The van der Waals surface area contributed by atoms with Crippen molar-refractivity contribution in [2.45, 2.75) is 0 Å². The third-order valence-electron chi connectivity index (χ3n) is 12.1. The Labute approximate surface area is 397 Å². The number of rotatable bonds is 16. The van der Waals surface area contributed by atoms with Crippen LogP contribution in [0.3, 0.4) is 0 Å². The minimum absolute atomic E-state index is 0.00683. The Bertz CT molecular complexity index is 2750. The second-order valence-electron chi connectivity index (χ2n) is 16.2. The van der Waals surface area contributed by atoms with Crippen LogP contribution in [0.2, 0.25) is 0 Å². The molecule has 68 heavy (non-hydrogen) atoms. The number of esters is 2. The monoisotopic (exact) mass is 924 g/mol. The fourth-order valence-electron chi connectivity index (χ4n) is 8.77. The third-order valence-corrected chi connectivity index (χ3v) is 20.7. The summed E-state index contributed by atoms with van der Waals surface area (Å²) in [5, 5.41) is 5.84. The van der Waals surface area contributed by atoms with Crippen LogP contribution in [0, 0.1) is 0 Å². The van der Waals surface area contributed by atoms with Crippen molar-refractivity contribution in [3.05, 3.63) is 277 Å². The fourth-order valence-corrected chi connectivity index (χ4v) is 16.9. The highest BCUT2D eigenvalue weighted by molar-refractivity contribution is 7.96. The van der Waals surface area contributed by atoms with E-state index in [-0.39, 0.29) is 57.6 Å². The van der Waals surface area contributed by atoms with Crippen molar-refractivity contribution < 1.29 is 28.7 Å². The summed E-state index contributed by atoms with van der Waals surface area (Å²) < 4.78 is 12.4. The Morgan fingerprint density at radius 3 is 0.750 bits per heavy atom. The zero-order valence-corrected chi connectivity index (χ0v) is 38.8. The topological polar surface area (TPSA) is 86.7 Å². The van der Waals surface area contributed by atoms with E-state index < -0.39 is 26.5 Å². The molecule has 0 aliphatic heterocycles. The molecule has 8 heteroatoms. The van der Waals surface area contributed by atoms with Crippen molar-refractivity contribution in [3.8, 4) is 11.5 Å². The molecular formula is C60H46O6P2+2. The zero-order chi connectivity index (χ0) is 46.8. The highest BCUT2D eigenvalue weighted by Crippen LogP contribution is 2.57. The summed E-state index contributed by atoms with van der Waals surface area (Å²) in [4.78, 5) is 59.8. The maximum absolute atomic E-state index is 15.8. The summed E-state index contributed by atoms with van der Waals surface area (Å²) in [7, 11) is -5.62. The molecule has 0 bridgehead atoms. The highest BCUT2D eigenvalue weighted by atomic mass is 31.2. The standard InChI is InChI=1S/C60H46O6P2/c61-55(43-67(47-29-13-3-14-30-47,48-31-15-4-16-32-48)49-33-17-5-18-34-49)53-41-54(58(66-60(64)46-27-11-2-12-28-46)42-57(53)65-59(63)45-25-9-1-10-26-45)56(62)44-68(50-35-19-6-20-36-50,51-37-21-7-22-38-51)52-39-23-8-24-40-52/h1-42H,43-44H2/q+2. The number of carbonyl (C=O) groups excluding carboxylic acids is 4. The molecule has 0 amide bonds. The molecule has 0 atom stereocenters. The molecule has 0 aliphatic rings. The van der Waals surface area contributed by atoms with E-state index in [2.05, 4.69) is 72.8 Å². The molecule has 0 N–H and O–H groups in total. The van der Waals surface area contributed by atoms with Gasteiger partial charge in [0.15, 0.2) is 0 Å². The Kier molecular flexibility index (Phi) is 13.8. The van der Waals surface area contributed by atoms with Crippen LogP contribution in [0.25, 0.3) is 0 Å². The van der Waals surface area contributed by atoms with Gasteiger partial charge in [-0.25, -0.2) is 9.59 Å². The summed E-state index contributed by atoms with van der Waals surface area (Å²) in [6.07, 6.45) is -0.0423. The predicted molar refractivity (Wildman–Crippen MR) is 278 cm³/mol. The van der Waals surface area contributed by atoms with Crippen LogP contribution in [0.4, 0.5) is 0 Å². The number of ketones is 2. The molecule has 0 aromatic heterocycles. The number of Topliss-reactive ketones (excluding diaryl/α,β-unsaturated/α-hetero) is 2. The molecule has 9 aromatic carbocycles. The highest BCUT2D eigenvalue weighted by Gasteiger charge is 2.50.